The molecule has 1 rings (SSSR count). The smallest absolute Gasteiger partial charge is 0.230 e. The minimum absolute atomic E-state index is 0.0800. The third-order valence-electron chi connectivity index (χ3n) is 3.76. The Morgan fingerprint density at radius 2 is 1.76 bits per heavy atom. The predicted octanol–water partition coefficient (Wildman–Crippen LogP) is 3.59. The van der Waals surface area contributed by atoms with Crippen molar-refractivity contribution in [2.24, 2.45) is 0 Å². The molecular weight excluding hydrogens is 280 g/mol. The second kappa shape index (κ2) is 8.98. The molecule has 0 aliphatic rings. The number of rotatable bonds is 9. The van der Waals surface area contributed by atoms with Crippen LogP contribution in [-0.4, -0.2) is 24.5 Å². The van der Waals surface area contributed by atoms with Gasteiger partial charge in [-0.3, -0.25) is 4.79 Å². The van der Waals surface area contributed by atoms with Crippen LogP contribution in [0.25, 0.3) is 0 Å². The number of nitrogen functional groups attached to an aromatic ring is 1. The molecule has 0 saturated carbocycles. The summed E-state index contributed by atoms with van der Waals surface area (Å²) in [6.07, 6.45) is 6.89. The number of carbonyl (C=O) groups is 1. The average molecular weight is 308 g/mol. The number of amides is 1. The molecule has 3 N–H and O–H groups in total. The molecule has 118 valence electrons. The molecule has 1 aromatic carbocycles. The number of anilines is 1. The fourth-order valence-corrected chi connectivity index (χ4v) is 2.67. The lowest BCUT2D eigenvalue weighted by Crippen LogP contribution is -2.40. The molecule has 0 unspecified atom stereocenters. The Hall–Kier alpha value is -1.16. The third kappa shape index (κ3) is 6.00. The first-order chi connectivity index (χ1) is 9.98. The van der Waals surface area contributed by atoms with E-state index < -0.39 is 5.41 Å². The van der Waals surface area contributed by atoms with Gasteiger partial charge in [0, 0.05) is 12.2 Å². The van der Waals surface area contributed by atoms with Gasteiger partial charge in [-0.05, 0) is 56.4 Å². The molecular formula is C17H28N2OS. The molecule has 4 heteroatoms. The maximum absolute atomic E-state index is 12.3. The van der Waals surface area contributed by atoms with E-state index in [0.29, 0.717) is 0 Å². The van der Waals surface area contributed by atoms with Crippen LogP contribution in [0, 0.1) is 0 Å². The first kappa shape index (κ1) is 17.9. The molecule has 0 aromatic heterocycles. The molecule has 0 aliphatic heterocycles. The predicted molar refractivity (Wildman–Crippen MR) is 93.7 cm³/mol. The minimum atomic E-state index is -0.521. The van der Waals surface area contributed by atoms with E-state index in [9.17, 15) is 4.79 Å². The van der Waals surface area contributed by atoms with Gasteiger partial charge in [0.15, 0.2) is 0 Å². The second-order valence-corrected chi connectivity index (χ2v) is 6.90. The van der Waals surface area contributed by atoms with Gasteiger partial charge in [0.25, 0.3) is 0 Å². The number of hydrogen-bond donors (Lipinski definition) is 2. The van der Waals surface area contributed by atoms with Crippen molar-refractivity contribution in [1.82, 2.24) is 5.32 Å². The summed E-state index contributed by atoms with van der Waals surface area (Å²) in [4.78, 5) is 12.3. The molecule has 0 spiro atoms. The summed E-state index contributed by atoms with van der Waals surface area (Å²) < 4.78 is 0. The molecule has 1 amide bonds. The maximum Gasteiger partial charge on any atom is 0.230 e. The van der Waals surface area contributed by atoms with E-state index in [2.05, 4.69) is 11.6 Å². The van der Waals surface area contributed by atoms with Gasteiger partial charge in [-0.2, -0.15) is 11.8 Å². The van der Waals surface area contributed by atoms with Gasteiger partial charge in [-0.25, -0.2) is 0 Å². The Morgan fingerprint density at radius 3 is 2.38 bits per heavy atom. The second-order valence-electron chi connectivity index (χ2n) is 5.91. The Kier molecular flexibility index (Phi) is 7.65. The first-order valence-electron chi connectivity index (χ1n) is 7.61. The lowest BCUT2D eigenvalue weighted by Gasteiger charge is -2.24. The Morgan fingerprint density at radius 1 is 1.14 bits per heavy atom. The Labute approximate surface area is 133 Å². The van der Waals surface area contributed by atoms with Crippen LogP contribution in [0.3, 0.4) is 0 Å². The summed E-state index contributed by atoms with van der Waals surface area (Å²) in [6, 6.07) is 7.54. The van der Waals surface area contributed by atoms with Gasteiger partial charge in [-0.15, -0.1) is 0 Å². The highest BCUT2D eigenvalue weighted by atomic mass is 32.2. The quantitative estimate of drug-likeness (QED) is 0.541. The van der Waals surface area contributed by atoms with Crippen molar-refractivity contribution in [3.63, 3.8) is 0 Å². The molecule has 0 fully saturated rings. The van der Waals surface area contributed by atoms with Crippen LogP contribution < -0.4 is 11.1 Å². The van der Waals surface area contributed by atoms with Crippen molar-refractivity contribution in [3.8, 4) is 0 Å². The van der Waals surface area contributed by atoms with Crippen molar-refractivity contribution in [2.45, 2.75) is 44.9 Å². The van der Waals surface area contributed by atoms with Crippen LogP contribution in [0.2, 0.25) is 0 Å². The van der Waals surface area contributed by atoms with Gasteiger partial charge in [0.2, 0.25) is 5.91 Å². The lowest BCUT2D eigenvalue weighted by molar-refractivity contribution is -0.125. The zero-order valence-electron chi connectivity index (χ0n) is 13.4. The van der Waals surface area contributed by atoms with E-state index in [1.807, 2.05) is 49.9 Å². The van der Waals surface area contributed by atoms with Gasteiger partial charge < -0.3 is 11.1 Å². The van der Waals surface area contributed by atoms with E-state index in [0.717, 1.165) is 24.2 Å². The van der Waals surface area contributed by atoms with Gasteiger partial charge in [-0.1, -0.05) is 25.0 Å². The lowest BCUT2D eigenvalue weighted by atomic mass is 9.83. The number of benzene rings is 1. The minimum Gasteiger partial charge on any atom is -0.399 e. The highest BCUT2D eigenvalue weighted by Crippen LogP contribution is 2.24. The number of nitrogens with one attached hydrogen (secondary N) is 1. The summed E-state index contributed by atoms with van der Waals surface area (Å²) in [5, 5.41) is 3.05. The van der Waals surface area contributed by atoms with Crippen molar-refractivity contribution in [1.29, 1.82) is 0 Å². The van der Waals surface area contributed by atoms with Crippen LogP contribution in [0.4, 0.5) is 5.69 Å². The first-order valence-corrected chi connectivity index (χ1v) is 9.01. The van der Waals surface area contributed by atoms with Crippen LogP contribution >= 0.6 is 11.8 Å². The Balaban J connectivity index is 2.35. The zero-order chi connectivity index (χ0) is 15.7. The van der Waals surface area contributed by atoms with Gasteiger partial charge >= 0.3 is 0 Å². The highest BCUT2D eigenvalue weighted by molar-refractivity contribution is 7.98. The topological polar surface area (TPSA) is 55.1 Å². The molecule has 0 atom stereocenters. The standard InChI is InChI=1S/C17H28N2OS/c1-17(2,14-8-10-15(18)11-9-14)16(20)19-12-6-4-5-7-13-21-3/h8-11H,4-7,12-13,18H2,1-3H3,(H,19,20). The number of thioether (sulfide) groups is 1. The molecule has 0 radical (unpaired) electrons. The summed E-state index contributed by atoms with van der Waals surface area (Å²) in [7, 11) is 0. The van der Waals surface area contributed by atoms with E-state index in [4.69, 9.17) is 5.73 Å². The van der Waals surface area contributed by atoms with E-state index in [1.165, 1.54) is 25.0 Å². The van der Waals surface area contributed by atoms with Crippen molar-refractivity contribution in [2.75, 3.05) is 24.3 Å². The normalized spacial score (nSPS) is 11.4. The molecule has 1 aromatic rings. The summed E-state index contributed by atoms with van der Waals surface area (Å²) in [6.45, 7) is 4.66. The zero-order valence-corrected chi connectivity index (χ0v) is 14.3. The van der Waals surface area contributed by atoms with Crippen molar-refractivity contribution >= 4 is 23.4 Å². The molecule has 3 nitrogen and oxygen atoms in total. The Bertz CT molecular complexity index is 429. The average Bonchev–Trinajstić information content (AvgIpc) is 2.46. The van der Waals surface area contributed by atoms with Crippen LogP contribution in [0.5, 0.6) is 0 Å². The van der Waals surface area contributed by atoms with Crippen molar-refractivity contribution in [3.05, 3.63) is 29.8 Å². The molecule has 0 aliphatic carbocycles. The summed E-state index contributed by atoms with van der Waals surface area (Å²) >= 11 is 1.89. The van der Waals surface area contributed by atoms with Crippen molar-refractivity contribution < 1.29 is 4.79 Å². The van der Waals surface area contributed by atoms with Gasteiger partial charge in [0.05, 0.1) is 5.41 Å². The highest BCUT2D eigenvalue weighted by Gasteiger charge is 2.29. The monoisotopic (exact) mass is 308 g/mol. The molecule has 0 heterocycles. The number of unbranched alkanes of at least 4 members (excludes halogenated alkanes) is 3. The molecule has 0 bridgehead atoms. The number of nitrogens with two attached hydrogens (primary N) is 1. The fraction of sp³-hybridized carbons (Fsp3) is 0.588. The molecule has 21 heavy (non-hydrogen) atoms. The maximum atomic E-state index is 12.3. The van der Waals surface area contributed by atoms with E-state index in [-0.39, 0.29) is 5.91 Å². The molecule has 0 saturated heterocycles. The number of carbonyl (C=O) groups excluding carboxylic acids is 1. The van der Waals surface area contributed by atoms with E-state index in [1.54, 1.807) is 0 Å². The summed E-state index contributed by atoms with van der Waals surface area (Å²) in [5.41, 5.74) is 6.89. The van der Waals surface area contributed by atoms with Crippen LogP contribution in [-0.2, 0) is 10.2 Å². The largest absolute Gasteiger partial charge is 0.399 e. The summed E-state index contributed by atoms with van der Waals surface area (Å²) in [5.74, 6) is 1.31. The van der Waals surface area contributed by atoms with E-state index >= 15 is 0 Å². The number of hydrogen-bond acceptors (Lipinski definition) is 3. The van der Waals surface area contributed by atoms with Gasteiger partial charge in [0.1, 0.15) is 0 Å². The fourth-order valence-electron chi connectivity index (χ4n) is 2.18. The van der Waals surface area contributed by atoms with Crippen LogP contribution in [0.15, 0.2) is 24.3 Å². The van der Waals surface area contributed by atoms with Crippen LogP contribution in [0.1, 0.15) is 45.1 Å². The third-order valence-corrected chi connectivity index (χ3v) is 4.46. The SMILES string of the molecule is CSCCCCCCNC(=O)C(C)(C)c1ccc(N)cc1.